The van der Waals surface area contributed by atoms with E-state index in [0.29, 0.717) is 25.2 Å². The highest BCUT2D eigenvalue weighted by Gasteiger charge is 2.32. The molecule has 1 saturated heterocycles. The molecule has 0 radical (unpaired) electrons. The van der Waals surface area contributed by atoms with Crippen LogP contribution in [0.2, 0.25) is 0 Å². The Morgan fingerprint density at radius 1 is 0.886 bits per heavy atom. The van der Waals surface area contributed by atoms with Crippen molar-refractivity contribution in [3.63, 3.8) is 0 Å². The Morgan fingerprint density at radius 3 is 2.23 bits per heavy atom. The molecule has 0 bridgehead atoms. The van der Waals surface area contributed by atoms with Gasteiger partial charge in [-0.15, -0.1) is 0 Å². The summed E-state index contributed by atoms with van der Waals surface area (Å²) in [5.74, 6) is 0.963. The van der Waals surface area contributed by atoms with Crippen LogP contribution in [-0.4, -0.2) is 50.7 Å². The first-order valence-electron chi connectivity index (χ1n) is 11.9. The normalized spacial score (nSPS) is 15.2. The summed E-state index contributed by atoms with van der Waals surface area (Å²) in [4.78, 5) is 27.4. The number of aryl methyl sites for hydroxylation is 1. The van der Waals surface area contributed by atoms with Crippen molar-refractivity contribution in [3.05, 3.63) is 118 Å². The topological polar surface area (TPSA) is 74.5 Å². The first-order chi connectivity index (χ1) is 17.1. The Bertz CT molecular complexity index is 1320. The monoisotopic (exact) mass is 467 g/mol. The molecular weight excluding hydrogens is 438 g/mol. The fourth-order valence-electron chi connectivity index (χ4n) is 4.79. The van der Waals surface area contributed by atoms with Crippen LogP contribution in [0.25, 0.3) is 0 Å². The van der Waals surface area contributed by atoms with Crippen LogP contribution in [0.4, 0.5) is 5.82 Å². The third kappa shape index (κ3) is 4.81. The van der Waals surface area contributed by atoms with Crippen LogP contribution < -0.4 is 10.5 Å². The van der Waals surface area contributed by atoms with Gasteiger partial charge in [-0.05, 0) is 42.8 Å². The van der Waals surface area contributed by atoms with Crippen molar-refractivity contribution in [1.82, 2.24) is 19.4 Å². The summed E-state index contributed by atoms with van der Waals surface area (Å²) in [6.07, 6.45) is 3.54. The molecule has 1 atom stereocenters. The summed E-state index contributed by atoms with van der Waals surface area (Å²) in [6, 6.07) is 22.8. The van der Waals surface area contributed by atoms with Gasteiger partial charge in [-0.25, -0.2) is 4.98 Å². The first-order valence-corrected chi connectivity index (χ1v) is 11.9. The Morgan fingerprint density at radius 2 is 1.57 bits per heavy atom. The van der Waals surface area contributed by atoms with Crippen LogP contribution in [0, 0.1) is 6.92 Å². The summed E-state index contributed by atoms with van der Waals surface area (Å²) >= 11 is 0. The van der Waals surface area contributed by atoms with Gasteiger partial charge in [-0.2, -0.15) is 0 Å². The zero-order valence-corrected chi connectivity index (χ0v) is 19.8. The molecule has 4 aromatic rings. The Kier molecular flexibility index (Phi) is 6.59. The summed E-state index contributed by atoms with van der Waals surface area (Å²) < 4.78 is 1.74. The number of benzene rings is 1. The molecule has 7 nitrogen and oxygen atoms in total. The minimum absolute atomic E-state index is 0.0135. The van der Waals surface area contributed by atoms with Crippen molar-refractivity contribution in [1.29, 1.82) is 0 Å². The van der Waals surface area contributed by atoms with Crippen molar-refractivity contribution >= 4 is 5.82 Å². The highest BCUT2D eigenvalue weighted by molar-refractivity contribution is 5.41. The third-order valence-corrected chi connectivity index (χ3v) is 6.60. The number of nitrogens with zero attached hydrogens (tertiary/aromatic N) is 5. The average molecular weight is 468 g/mol. The maximum Gasteiger partial charge on any atom is 0.260 e. The van der Waals surface area contributed by atoms with Crippen molar-refractivity contribution in [2.45, 2.75) is 19.5 Å². The molecule has 1 fully saturated rings. The van der Waals surface area contributed by atoms with Crippen LogP contribution in [0.3, 0.4) is 0 Å². The SMILES string of the molecule is Cc1cc(O)c([C@H](c2ccccn2)N2CCN(c3ccccn3)CC2)c(=O)n1Cc1ccccc1. The number of hydrogen-bond acceptors (Lipinski definition) is 6. The van der Waals surface area contributed by atoms with Crippen LogP contribution in [-0.2, 0) is 6.54 Å². The smallest absolute Gasteiger partial charge is 0.260 e. The van der Waals surface area contributed by atoms with E-state index in [1.54, 1.807) is 23.0 Å². The molecule has 1 aromatic carbocycles. The molecule has 1 aliphatic rings. The van der Waals surface area contributed by atoms with Crippen molar-refractivity contribution < 1.29 is 5.11 Å². The molecule has 3 aromatic heterocycles. The van der Waals surface area contributed by atoms with E-state index in [-0.39, 0.29) is 11.3 Å². The second-order valence-electron chi connectivity index (χ2n) is 8.83. The highest BCUT2D eigenvalue weighted by Crippen LogP contribution is 2.32. The van der Waals surface area contributed by atoms with Gasteiger partial charge in [0.15, 0.2) is 0 Å². The summed E-state index contributed by atoms with van der Waals surface area (Å²) in [5, 5.41) is 11.1. The number of pyridine rings is 3. The number of anilines is 1. The quantitative estimate of drug-likeness (QED) is 0.467. The van der Waals surface area contributed by atoms with Gasteiger partial charge >= 0.3 is 0 Å². The van der Waals surface area contributed by atoms with Gasteiger partial charge < -0.3 is 14.6 Å². The Balaban J connectivity index is 1.52. The molecule has 0 saturated carbocycles. The molecule has 4 heterocycles. The van der Waals surface area contributed by atoms with Gasteiger partial charge in [-0.3, -0.25) is 14.7 Å². The molecule has 0 spiro atoms. The number of piperazine rings is 1. The standard InChI is InChI=1S/C28H29N5O2/c1-21-19-24(34)26(28(35)33(21)20-22-9-3-2-4-10-22)27(23-11-5-7-13-29-23)32-17-15-31(16-18-32)25-12-6-8-14-30-25/h2-14,19,27,34H,15-18,20H2,1H3/t27-/m0/s1. The Hall–Kier alpha value is -3.97. The maximum atomic E-state index is 13.9. The maximum absolute atomic E-state index is 13.9. The van der Waals surface area contributed by atoms with Gasteiger partial charge in [0.25, 0.3) is 5.56 Å². The Labute approximate surface area is 204 Å². The lowest BCUT2D eigenvalue weighted by Gasteiger charge is -2.39. The molecular formula is C28H29N5O2. The predicted molar refractivity (Wildman–Crippen MR) is 137 cm³/mol. The fraction of sp³-hybridized carbons (Fsp3) is 0.250. The van der Waals surface area contributed by atoms with E-state index in [0.717, 1.165) is 35.9 Å². The van der Waals surface area contributed by atoms with E-state index >= 15 is 0 Å². The number of aromatic nitrogens is 3. The number of rotatable bonds is 6. The molecule has 7 heteroatoms. The number of aromatic hydroxyl groups is 1. The van der Waals surface area contributed by atoms with Crippen molar-refractivity contribution in [2.24, 2.45) is 0 Å². The lowest BCUT2D eigenvalue weighted by molar-refractivity contribution is 0.204. The predicted octanol–water partition coefficient (Wildman–Crippen LogP) is 3.61. The second kappa shape index (κ2) is 10.1. The van der Waals surface area contributed by atoms with Gasteiger partial charge in [0, 0.05) is 44.3 Å². The molecule has 1 N–H and O–H groups in total. The second-order valence-corrected chi connectivity index (χ2v) is 8.83. The van der Waals surface area contributed by atoms with Crippen molar-refractivity contribution in [3.8, 4) is 5.75 Å². The first kappa shape index (κ1) is 22.8. The van der Waals surface area contributed by atoms with Gasteiger partial charge in [0.1, 0.15) is 11.6 Å². The fourth-order valence-corrected chi connectivity index (χ4v) is 4.79. The number of hydrogen-bond donors (Lipinski definition) is 1. The molecule has 1 aliphatic heterocycles. The lowest BCUT2D eigenvalue weighted by Crippen LogP contribution is -2.49. The van der Waals surface area contributed by atoms with Gasteiger partial charge in [0.05, 0.1) is 23.8 Å². The molecule has 178 valence electrons. The van der Waals surface area contributed by atoms with E-state index in [2.05, 4.69) is 19.8 Å². The van der Waals surface area contributed by atoms with Gasteiger partial charge in [0.2, 0.25) is 0 Å². The highest BCUT2D eigenvalue weighted by atomic mass is 16.3. The molecule has 0 amide bonds. The van der Waals surface area contributed by atoms with Crippen LogP contribution in [0.1, 0.15) is 28.6 Å². The minimum Gasteiger partial charge on any atom is -0.507 e. The summed E-state index contributed by atoms with van der Waals surface area (Å²) in [5.41, 5.74) is 2.69. The van der Waals surface area contributed by atoms with E-state index in [9.17, 15) is 9.90 Å². The molecule has 0 unspecified atom stereocenters. The zero-order valence-electron chi connectivity index (χ0n) is 19.8. The molecule has 5 rings (SSSR count). The molecule has 35 heavy (non-hydrogen) atoms. The third-order valence-electron chi connectivity index (χ3n) is 6.60. The van der Waals surface area contributed by atoms with Gasteiger partial charge in [-0.1, -0.05) is 42.5 Å². The molecule has 0 aliphatic carbocycles. The van der Waals surface area contributed by atoms with E-state index < -0.39 is 6.04 Å². The van der Waals surface area contributed by atoms with Crippen molar-refractivity contribution in [2.75, 3.05) is 31.1 Å². The van der Waals surface area contributed by atoms with Crippen LogP contribution in [0.5, 0.6) is 5.75 Å². The zero-order chi connectivity index (χ0) is 24.2. The minimum atomic E-state index is -0.447. The van der Waals surface area contributed by atoms with E-state index in [1.807, 2.05) is 73.7 Å². The van der Waals surface area contributed by atoms with E-state index in [1.165, 1.54) is 0 Å². The van der Waals surface area contributed by atoms with Crippen LogP contribution in [0.15, 0.2) is 90.0 Å². The summed E-state index contributed by atoms with van der Waals surface area (Å²) in [6.45, 7) is 5.26. The average Bonchev–Trinajstić information content (AvgIpc) is 2.91. The van der Waals surface area contributed by atoms with E-state index in [4.69, 9.17) is 0 Å². The largest absolute Gasteiger partial charge is 0.507 e. The lowest BCUT2D eigenvalue weighted by atomic mass is 9.99. The van der Waals surface area contributed by atoms with Crippen LogP contribution >= 0.6 is 0 Å². The summed E-state index contributed by atoms with van der Waals surface area (Å²) in [7, 11) is 0.